The van der Waals surface area contributed by atoms with Crippen LogP contribution < -0.4 is 5.32 Å². The van der Waals surface area contributed by atoms with Gasteiger partial charge < -0.3 is 0 Å². The number of aryl methyl sites for hydroxylation is 1. The summed E-state index contributed by atoms with van der Waals surface area (Å²) < 4.78 is 0. The summed E-state index contributed by atoms with van der Waals surface area (Å²) in [6.45, 7) is 2.61. The highest BCUT2D eigenvalue weighted by Gasteiger charge is 2.30. The van der Waals surface area contributed by atoms with Crippen LogP contribution in [-0.4, -0.2) is 35.8 Å². The fraction of sp³-hybridized carbons (Fsp3) is 0.467. The lowest BCUT2D eigenvalue weighted by Gasteiger charge is -2.29. The van der Waals surface area contributed by atoms with Crippen LogP contribution in [-0.2, 0) is 16.0 Å². The largest absolute Gasteiger partial charge is 0.298 e. The lowest BCUT2D eigenvalue weighted by Crippen LogP contribution is -2.57. The Balaban J connectivity index is 1.76. The van der Waals surface area contributed by atoms with E-state index >= 15 is 0 Å². The average Bonchev–Trinajstić information content (AvgIpc) is 2.43. The van der Waals surface area contributed by atoms with Crippen molar-refractivity contribution < 1.29 is 9.59 Å². The van der Waals surface area contributed by atoms with E-state index in [2.05, 4.69) is 17.4 Å². The van der Waals surface area contributed by atoms with Crippen molar-refractivity contribution in [2.24, 2.45) is 0 Å². The smallest absolute Gasteiger partial charge is 0.246 e. The monoisotopic (exact) mass is 260 g/mol. The predicted molar refractivity (Wildman–Crippen MR) is 73.6 cm³/mol. The average molecular weight is 260 g/mol. The Morgan fingerprint density at radius 3 is 2.68 bits per heavy atom. The molecular formula is C15H20N2O2. The molecule has 1 heterocycles. The number of imide groups is 1. The molecule has 1 N–H and O–H groups in total. The van der Waals surface area contributed by atoms with E-state index in [9.17, 15) is 9.59 Å². The van der Waals surface area contributed by atoms with Crippen molar-refractivity contribution in [3.05, 3.63) is 35.9 Å². The van der Waals surface area contributed by atoms with Gasteiger partial charge in [0.05, 0.1) is 12.6 Å². The molecule has 0 spiro atoms. The van der Waals surface area contributed by atoms with Crippen LogP contribution in [0.5, 0.6) is 0 Å². The lowest BCUT2D eigenvalue weighted by atomic mass is 10.1. The Labute approximate surface area is 113 Å². The molecule has 4 heteroatoms. The second-order valence-electron chi connectivity index (χ2n) is 4.93. The quantitative estimate of drug-likeness (QED) is 0.642. The van der Waals surface area contributed by atoms with E-state index < -0.39 is 0 Å². The topological polar surface area (TPSA) is 49.4 Å². The summed E-state index contributed by atoms with van der Waals surface area (Å²) in [7, 11) is 0. The third kappa shape index (κ3) is 3.64. The van der Waals surface area contributed by atoms with Crippen LogP contribution in [0.25, 0.3) is 0 Å². The fourth-order valence-corrected chi connectivity index (χ4v) is 2.26. The highest BCUT2D eigenvalue weighted by atomic mass is 16.2. The van der Waals surface area contributed by atoms with Gasteiger partial charge in [-0.05, 0) is 31.7 Å². The van der Waals surface area contributed by atoms with Crippen LogP contribution in [0.2, 0.25) is 0 Å². The van der Waals surface area contributed by atoms with Gasteiger partial charge in [0, 0.05) is 6.54 Å². The summed E-state index contributed by atoms with van der Waals surface area (Å²) >= 11 is 0. The summed E-state index contributed by atoms with van der Waals surface area (Å²) in [5.74, 6) is -0.209. The Kier molecular flexibility index (Phi) is 4.68. The van der Waals surface area contributed by atoms with Gasteiger partial charge in [0.25, 0.3) is 0 Å². The SMILES string of the molecule is CC1NCC(=O)N(CCCCc2ccccc2)C1=O. The van der Waals surface area contributed by atoms with E-state index in [4.69, 9.17) is 0 Å². The fourth-order valence-electron chi connectivity index (χ4n) is 2.26. The first-order chi connectivity index (χ1) is 9.18. The molecule has 0 bridgehead atoms. The molecule has 0 radical (unpaired) electrons. The molecule has 1 aliphatic heterocycles. The van der Waals surface area contributed by atoms with E-state index in [0.29, 0.717) is 6.54 Å². The van der Waals surface area contributed by atoms with Crippen molar-refractivity contribution in [3.8, 4) is 0 Å². The number of nitrogens with one attached hydrogen (secondary N) is 1. The number of carbonyl (C=O) groups is 2. The molecule has 1 unspecified atom stereocenters. The molecule has 1 fully saturated rings. The number of unbranched alkanes of at least 4 members (excludes halogenated alkanes) is 1. The summed E-state index contributed by atoms with van der Waals surface area (Å²) in [6.07, 6.45) is 2.84. The molecule has 2 amide bonds. The second kappa shape index (κ2) is 6.48. The minimum atomic E-state index is -0.244. The highest BCUT2D eigenvalue weighted by molar-refractivity contribution is 6.00. The third-order valence-electron chi connectivity index (χ3n) is 3.44. The Morgan fingerprint density at radius 1 is 1.21 bits per heavy atom. The van der Waals surface area contributed by atoms with E-state index in [-0.39, 0.29) is 24.4 Å². The predicted octanol–water partition coefficient (Wildman–Crippen LogP) is 1.36. The van der Waals surface area contributed by atoms with Gasteiger partial charge in [0.2, 0.25) is 11.8 Å². The van der Waals surface area contributed by atoms with Gasteiger partial charge >= 0.3 is 0 Å². The molecule has 102 valence electrons. The zero-order chi connectivity index (χ0) is 13.7. The number of carbonyl (C=O) groups excluding carboxylic acids is 2. The molecule has 0 saturated carbocycles. The van der Waals surface area contributed by atoms with Gasteiger partial charge in [-0.3, -0.25) is 19.8 Å². The molecule has 1 saturated heterocycles. The molecule has 1 atom stereocenters. The lowest BCUT2D eigenvalue weighted by molar-refractivity contribution is -0.148. The number of nitrogens with zero attached hydrogens (tertiary/aromatic N) is 1. The van der Waals surface area contributed by atoms with Gasteiger partial charge in [-0.15, -0.1) is 0 Å². The summed E-state index contributed by atoms with van der Waals surface area (Å²) in [4.78, 5) is 24.9. The third-order valence-corrected chi connectivity index (χ3v) is 3.44. The van der Waals surface area contributed by atoms with E-state index in [1.807, 2.05) is 18.2 Å². The summed E-state index contributed by atoms with van der Waals surface area (Å²) in [5, 5.41) is 2.89. The van der Waals surface area contributed by atoms with E-state index in [0.717, 1.165) is 19.3 Å². The highest BCUT2D eigenvalue weighted by Crippen LogP contribution is 2.08. The normalized spacial score (nSPS) is 19.8. The van der Waals surface area contributed by atoms with Crippen LogP contribution in [0.3, 0.4) is 0 Å². The first-order valence-electron chi connectivity index (χ1n) is 6.80. The maximum atomic E-state index is 11.8. The minimum Gasteiger partial charge on any atom is -0.298 e. The molecule has 19 heavy (non-hydrogen) atoms. The van der Waals surface area contributed by atoms with E-state index in [1.165, 1.54) is 10.5 Å². The summed E-state index contributed by atoms with van der Waals surface area (Å²) in [5.41, 5.74) is 1.30. The van der Waals surface area contributed by atoms with Gasteiger partial charge in [0.1, 0.15) is 0 Å². The number of benzene rings is 1. The van der Waals surface area contributed by atoms with Crippen molar-refractivity contribution in [1.82, 2.24) is 10.2 Å². The molecule has 1 aromatic rings. The molecule has 1 aromatic carbocycles. The number of piperazine rings is 1. The molecule has 1 aliphatic rings. The number of hydrogen-bond donors (Lipinski definition) is 1. The zero-order valence-electron chi connectivity index (χ0n) is 11.3. The maximum Gasteiger partial charge on any atom is 0.246 e. The first kappa shape index (κ1) is 13.7. The van der Waals surface area contributed by atoms with Crippen molar-refractivity contribution >= 4 is 11.8 Å². The molecule has 4 nitrogen and oxygen atoms in total. The van der Waals surface area contributed by atoms with Crippen molar-refractivity contribution in [1.29, 1.82) is 0 Å². The van der Waals surface area contributed by atoms with Gasteiger partial charge in [0.15, 0.2) is 0 Å². The zero-order valence-corrected chi connectivity index (χ0v) is 11.3. The Bertz CT molecular complexity index is 445. The van der Waals surface area contributed by atoms with Crippen LogP contribution in [0, 0.1) is 0 Å². The van der Waals surface area contributed by atoms with Crippen LogP contribution >= 0.6 is 0 Å². The molecule has 0 aliphatic carbocycles. The van der Waals surface area contributed by atoms with Gasteiger partial charge in [-0.2, -0.15) is 0 Å². The molecular weight excluding hydrogens is 240 g/mol. The maximum absolute atomic E-state index is 11.8. The van der Waals surface area contributed by atoms with Gasteiger partial charge in [-0.25, -0.2) is 0 Å². The standard InChI is InChI=1S/C15H20N2O2/c1-12-15(19)17(14(18)11-16-12)10-6-5-9-13-7-3-2-4-8-13/h2-4,7-8,12,16H,5-6,9-11H2,1H3. The Morgan fingerprint density at radius 2 is 1.95 bits per heavy atom. The van der Waals surface area contributed by atoms with E-state index in [1.54, 1.807) is 6.92 Å². The first-order valence-corrected chi connectivity index (χ1v) is 6.80. The molecule has 0 aromatic heterocycles. The van der Waals surface area contributed by atoms with Crippen LogP contribution in [0.1, 0.15) is 25.3 Å². The Hall–Kier alpha value is -1.68. The van der Waals surface area contributed by atoms with Crippen molar-refractivity contribution in [2.75, 3.05) is 13.1 Å². The molecule has 2 rings (SSSR count). The number of rotatable bonds is 5. The van der Waals surface area contributed by atoms with Gasteiger partial charge in [-0.1, -0.05) is 30.3 Å². The summed E-state index contributed by atoms with van der Waals surface area (Å²) in [6, 6.07) is 10.0. The van der Waals surface area contributed by atoms with Crippen LogP contribution in [0.4, 0.5) is 0 Å². The second-order valence-corrected chi connectivity index (χ2v) is 4.93. The number of hydrogen-bond acceptors (Lipinski definition) is 3. The number of amides is 2. The van der Waals surface area contributed by atoms with Crippen molar-refractivity contribution in [2.45, 2.75) is 32.2 Å². The minimum absolute atomic E-state index is 0.101. The van der Waals surface area contributed by atoms with Crippen LogP contribution in [0.15, 0.2) is 30.3 Å². The van der Waals surface area contributed by atoms with Crippen molar-refractivity contribution in [3.63, 3.8) is 0 Å².